The zero-order valence-electron chi connectivity index (χ0n) is 10.3. The number of ether oxygens (including phenoxy) is 1. The Morgan fingerprint density at radius 3 is 2.74 bits per heavy atom. The molecule has 19 heavy (non-hydrogen) atoms. The summed E-state index contributed by atoms with van der Waals surface area (Å²) in [6.45, 7) is 0. The molecule has 2 aromatic rings. The quantitative estimate of drug-likeness (QED) is 0.651. The Bertz CT molecular complexity index is 559. The van der Waals surface area contributed by atoms with Crippen molar-refractivity contribution in [3.8, 4) is 5.75 Å². The third kappa shape index (κ3) is 3.61. The van der Waals surface area contributed by atoms with E-state index in [1.54, 1.807) is 7.11 Å². The van der Waals surface area contributed by atoms with Crippen LogP contribution in [0.25, 0.3) is 0 Å². The van der Waals surface area contributed by atoms with E-state index >= 15 is 0 Å². The topological polar surface area (TPSA) is 47.3 Å². The van der Waals surface area contributed by atoms with Crippen LogP contribution in [0.2, 0.25) is 8.67 Å². The fourth-order valence-electron chi connectivity index (χ4n) is 1.88. The van der Waals surface area contributed by atoms with Crippen LogP contribution in [0, 0.1) is 0 Å². The van der Waals surface area contributed by atoms with Gasteiger partial charge in [0.05, 0.1) is 21.8 Å². The number of methoxy groups -OCH3 is 1. The van der Waals surface area contributed by atoms with E-state index in [9.17, 15) is 0 Å². The third-order valence-corrected chi connectivity index (χ3v) is 4.35. The van der Waals surface area contributed by atoms with E-state index < -0.39 is 0 Å². The number of hydrogen-bond acceptors (Lipinski definition) is 4. The molecule has 0 bridgehead atoms. The lowest BCUT2D eigenvalue weighted by atomic mass is 10.0. The molecule has 6 heteroatoms. The first-order valence-electron chi connectivity index (χ1n) is 5.68. The van der Waals surface area contributed by atoms with Crippen LogP contribution in [-0.4, -0.2) is 7.11 Å². The molecule has 0 radical (unpaired) electrons. The summed E-state index contributed by atoms with van der Waals surface area (Å²) in [7, 11) is 1.65. The number of thiophene rings is 1. The van der Waals surface area contributed by atoms with Crippen LogP contribution in [0.5, 0.6) is 5.75 Å². The minimum atomic E-state index is -0.0802. The maximum Gasteiger partial charge on any atom is 0.119 e. The molecule has 0 aliphatic rings. The van der Waals surface area contributed by atoms with Crippen molar-refractivity contribution in [2.75, 3.05) is 7.11 Å². The lowest BCUT2D eigenvalue weighted by molar-refractivity contribution is 0.414. The molecule has 1 unspecified atom stereocenters. The molecule has 1 heterocycles. The molecule has 2 rings (SSSR count). The zero-order chi connectivity index (χ0) is 13.8. The molecule has 0 amide bonds. The van der Waals surface area contributed by atoms with E-state index in [1.807, 2.05) is 30.3 Å². The predicted molar refractivity (Wildman–Crippen MR) is 81.1 cm³/mol. The first-order valence-corrected chi connectivity index (χ1v) is 7.25. The Hall–Kier alpha value is -0.780. The molecular formula is C13H14Cl2N2OS. The summed E-state index contributed by atoms with van der Waals surface area (Å²) < 4.78 is 6.53. The summed E-state index contributed by atoms with van der Waals surface area (Å²) in [6, 6.07) is 9.62. The lowest BCUT2D eigenvalue weighted by Gasteiger charge is -2.15. The SMILES string of the molecule is COc1cccc(CC(NN)c2cc(Cl)sc2Cl)c1. The first-order chi connectivity index (χ1) is 9.13. The second-order valence-electron chi connectivity index (χ2n) is 4.05. The van der Waals surface area contributed by atoms with E-state index in [-0.39, 0.29) is 6.04 Å². The molecule has 1 aromatic heterocycles. The van der Waals surface area contributed by atoms with Gasteiger partial charge < -0.3 is 4.74 Å². The highest BCUT2D eigenvalue weighted by molar-refractivity contribution is 7.20. The Morgan fingerprint density at radius 2 is 2.16 bits per heavy atom. The van der Waals surface area contributed by atoms with Gasteiger partial charge in [0.25, 0.3) is 0 Å². The second kappa shape index (κ2) is 6.59. The van der Waals surface area contributed by atoms with Crippen LogP contribution in [0.15, 0.2) is 30.3 Å². The molecular weight excluding hydrogens is 303 g/mol. The summed E-state index contributed by atoms with van der Waals surface area (Å²) in [5.41, 5.74) is 4.81. The molecule has 0 fully saturated rings. The Labute approximate surface area is 126 Å². The van der Waals surface area contributed by atoms with Crippen molar-refractivity contribution in [1.82, 2.24) is 5.43 Å². The van der Waals surface area contributed by atoms with Gasteiger partial charge in [0.15, 0.2) is 0 Å². The zero-order valence-corrected chi connectivity index (χ0v) is 12.6. The van der Waals surface area contributed by atoms with Crippen molar-refractivity contribution in [2.24, 2.45) is 5.84 Å². The highest BCUT2D eigenvalue weighted by atomic mass is 35.5. The van der Waals surface area contributed by atoms with E-state index in [4.69, 9.17) is 33.8 Å². The Morgan fingerprint density at radius 1 is 1.37 bits per heavy atom. The maximum absolute atomic E-state index is 6.16. The van der Waals surface area contributed by atoms with Gasteiger partial charge in [0.2, 0.25) is 0 Å². The summed E-state index contributed by atoms with van der Waals surface area (Å²) in [5.74, 6) is 6.44. The highest BCUT2D eigenvalue weighted by Gasteiger charge is 2.17. The standard InChI is InChI=1S/C13H14Cl2N2OS/c1-18-9-4-2-3-8(5-9)6-11(17-16)10-7-12(14)19-13(10)15/h2-5,7,11,17H,6,16H2,1H3. The number of halogens is 2. The first kappa shape index (κ1) is 14.6. The normalized spacial score (nSPS) is 12.4. The van der Waals surface area contributed by atoms with E-state index in [2.05, 4.69) is 5.43 Å². The van der Waals surface area contributed by atoms with E-state index in [0.29, 0.717) is 15.1 Å². The van der Waals surface area contributed by atoms with Gasteiger partial charge in [-0.2, -0.15) is 0 Å². The number of hydrogen-bond donors (Lipinski definition) is 2. The van der Waals surface area contributed by atoms with Crippen molar-refractivity contribution in [1.29, 1.82) is 0 Å². The molecule has 1 atom stereocenters. The van der Waals surface area contributed by atoms with Gasteiger partial charge in [0.1, 0.15) is 5.75 Å². The van der Waals surface area contributed by atoms with Crippen LogP contribution >= 0.6 is 34.5 Å². The summed E-state index contributed by atoms with van der Waals surface area (Å²) in [5, 5.41) is 0. The van der Waals surface area contributed by atoms with Gasteiger partial charge in [-0.1, -0.05) is 35.3 Å². The fourth-order valence-corrected chi connectivity index (χ4v) is 3.46. The molecule has 0 aliphatic heterocycles. The second-order valence-corrected chi connectivity index (χ2v) is 6.34. The molecule has 3 nitrogen and oxygen atoms in total. The molecule has 0 spiro atoms. The van der Waals surface area contributed by atoms with Crippen LogP contribution in [0.3, 0.4) is 0 Å². The van der Waals surface area contributed by atoms with Crippen LogP contribution < -0.4 is 16.0 Å². The number of hydrazine groups is 1. The van der Waals surface area contributed by atoms with Crippen molar-refractivity contribution in [3.63, 3.8) is 0 Å². The van der Waals surface area contributed by atoms with Gasteiger partial charge in [-0.3, -0.25) is 11.3 Å². The van der Waals surface area contributed by atoms with Crippen LogP contribution in [0.1, 0.15) is 17.2 Å². The van der Waals surface area contributed by atoms with Gasteiger partial charge in [-0.25, -0.2) is 0 Å². The minimum absolute atomic E-state index is 0.0802. The van der Waals surface area contributed by atoms with Crippen molar-refractivity contribution >= 4 is 34.5 Å². The molecule has 102 valence electrons. The predicted octanol–water partition coefficient (Wildman–Crippen LogP) is 3.81. The van der Waals surface area contributed by atoms with Gasteiger partial charge >= 0.3 is 0 Å². The number of rotatable bonds is 5. The monoisotopic (exact) mass is 316 g/mol. The van der Waals surface area contributed by atoms with Gasteiger partial charge in [-0.15, -0.1) is 11.3 Å². The van der Waals surface area contributed by atoms with E-state index in [1.165, 1.54) is 11.3 Å². The van der Waals surface area contributed by atoms with Crippen molar-refractivity contribution in [2.45, 2.75) is 12.5 Å². The largest absolute Gasteiger partial charge is 0.497 e. The van der Waals surface area contributed by atoms with Gasteiger partial charge in [-0.05, 0) is 30.2 Å². The highest BCUT2D eigenvalue weighted by Crippen LogP contribution is 2.36. The van der Waals surface area contributed by atoms with Crippen LogP contribution in [0.4, 0.5) is 0 Å². The van der Waals surface area contributed by atoms with Crippen molar-refractivity contribution < 1.29 is 4.74 Å². The average Bonchev–Trinajstić information content (AvgIpc) is 2.75. The summed E-state index contributed by atoms with van der Waals surface area (Å²) in [6.07, 6.45) is 0.709. The third-order valence-electron chi connectivity index (χ3n) is 2.83. The van der Waals surface area contributed by atoms with Crippen molar-refractivity contribution in [3.05, 3.63) is 50.1 Å². The number of nitrogens with two attached hydrogens (primary N) is 1. The Balaban J connectivity index is 2.21. The number of nitrogens with one attached hydrogen (secondary N) is 1. The number of benzene rings is 1. The van der Waals surface area contributed by atoms with Crippen LogP contribution in [-0.2, 0) is 6.42 Å². The molecule has 3 N–H and O–H groups in total. The fraction of sp³-hybridized carbons (Fsp3) is 0.231. The smallest absolute Gasteiger partial charge is 0.119 e. The van der Waals surface area contributed by atoms with Gasteiger partial charge in [0, 0.05) is 5.56 Å². The molecule has 0 saturated carbocycles. The summed E-state index contributed by atoms with van der Waals surface area (Å²) in [4.78, 5) is 0. The molecule has 0 aliphatic carbocycles. The van der Waals surface area contributed by atoms with E-state index in [0.717, 1.165) is 16.9 Å². The molecule has 1 aromatic carbocycles. The summed E-state index contributed by atoms with van der Waals surface area (Å²) >= 11 is 13.5. The molecule has 0 saturated heterocycles. The average molecular weight is 317 g/mol. The Kier molecular flexibility index (Phi) is 5.07. The lowest BCUT2D eigenvalue weighted by Crippen LogP contribution is -2.29. The minimum Gasteiger partial charge on any atom is -0.497 e. The maximum atomic E-state index is 6.16.